The third-order valence-electron chi connectivity index (χ3n) is 9.42. The van der Waals surface area contributed by atoms with Gasteiger partial charge < -0.3 is 4.74 Å². The fourth-order valence-corrected chi connectivity index (χ4v) is 7.32. The van der Waals surface area contributed by atoms with Crippen LogP contribution >= 0.6 is 0 Å². The fraction of sp³-hybridized carbons (Fsp3) is 0. The second-order valence-corrected chi connectivity index (χ2v) is 11.9. The molecule has 1 aliphatic rings. The quantitative estimate of drug-likeness (QED) is 0.193. The van der Waals surface area contributed by atoms with Crippen LogP contribution in [0.1, 0.15) is 0 Å². The molecule has 45 heavy (non-hydrogen) atoms. The molecule has 0 fully saturated rings. The molecule has 9 aromatic rings. The summed E-state index contributed by atoms with van der Waals surface area (Å²) in [5, 5.41) is 11.1. The standard InChI is InChI=1S/C43H25NO/c1-2-13-32-30(11-1)31-12-3-4-14-33(31)37-24-28(19-21-34(32)37)26-9-7-10-27(23-26)29-20-22-39-38(25-29)35-16-8-18-41-42(35)43(44-39)36-15-5-6-17-40(36)45-41/h1-25H. The summed E-state index contributed by atoms with van der Waals surface area (Å²) in [6.07, 6.45) is 0. The highest BCUT2D eigenvalue weighted by Gasteiger charge is 2.22. The molecule has 208 valence electrons. The van der Waals surface area contributed by atoms with E-state index in [2.05, 4.69) is 127 Å². The molecule has 0 N–H and O–H groups in total. The Morgan fingerprint density at radius 3 is 1.64 bits per heavy atom. The Morgan fingerprint density at radius 1 is 0.356 bits per heavy atom. The van der Waals surface area contributed by atoms with Crippen LogP contribution in [0.4, 0.5) is 0 Å². The molecule has 10 rings (SSSR count). The minimum absolute atomic E-state index is 0.854. The average Bonchev–Trinajstić information content (AvgIpc) is 3.11. The first-order chi connectivity index (χ1) is 22.3. The highest BCUT2D eigenvalue weighted by Crippen LogP contribution is 2.47. The number of pyridine rings is 1. The van der Waals surface area contributed by atoms with E-state index in [1.165, 1.54) is 54.6 Å². The van der Waals surface area contributed by atoms with Crippen LogP contribution in [0.25, 0.3) is 87.5 Å². The lowest BCUT2D eigenvalue weighted by Crippen LogP contribution is -1.99. The molecule has 2 heteroatoms. The summed E-state index contributed by atoms with van der Waals surface area (Å²) in [4.78, 5) is 5.17. The van der Waals surface area contributed by atoms with Crippen LogP contribution in [0.15, 0.2) is 152 Å². The number of benzene rings is 8. The van der Waals surface area contributed by atoms with E-state index in [-0.39, 0.29) is 0 Å². The fourth-order valence-electron chi connectivity index (χ4n) is 7.32. The van der Waals surface area contributed by atoms with Gasteiger partial charge >= 0.3 is 0 Å². The molecule has 2 nitrogen and oxygen atoms in total. The van der Waals surface area contributed by atoms with E-state index < -0.39 is 0 Å². The summed E-state index contributed by atoms with van der Waals surface area (Å²) in [5.41, 5.74) is 7.77. The molecule has 2 heterocycles. The minimum Gasteiger partial charge on any atom is -0.456 e. The highest BCUT2D eigenvalue weighted by atomic mass is 16.5. The Hall–Kier alpha value is -5.99. The molecule has 1 aromatic heterocycles. The van der Waals surface area contributed by atoms with Crippen LogP contribution in [-0.4, -0.2) is 4.98 Å². The maximum absolute atomic E-state index is 6.32. The Bertz CT molecular complexity index is 2650. The van der Waals surface area contributed by atoms with Gasteiger partial charge in [-0.3, -0.25) is 0 Å². The molecule has 1 aliphatic heterocycles. The smallest absolute Gasteiger partial charge is 0.137 e. The lowest BCUT2D eigenvalue weighted by Gasteiger charge is -2.21. The van der Waals surface area contributed by atoms with Crippen LogP contribution in [-0.2, 0) is 0 Å². The molecule has 0 saturated heterocycles. The number of ether oxygens (including phenoxy) is 1. The van der Waals surface area contributed by atoms with Gasteiger partial charge in [0.25, 0.3) is 0 Å². The zero-order chi connectivity index (χ0) is 29.5. The third-order valence-corrected chi connectivity index (χ3v) is 9.42. The van der Waals surface area contributed by atoms with E-state index in [0.717, 1.165) is 44.4 Å². The number of hydrogen-bond donors (Lipinski definition) is 0. The van der Waals surface area contributed by atoms with Gasteiger partial charge in [-0.1, -0.05) is 109 Å². The van der Waals surface area contributed by atoms with Gasteiger partial charge in [0.2, 0.25) is 0 Å². The van der Waals surface area contributed by atoms with Crippen molar-refractivity contribution in [2.75, 3.05) is 0 Å². The van der Waals surface area contributed by atoms with Crippen molar-refractivity contribution in [3.63, 3.8) is 0 Å². The maximum atomic E-state index is 6.32. The predicted molar refractivity (Wildman–Crippen MR) is 188 cm³/mol. The molecular formula is C43H25NO. The van der Waals surface area contributed by atoms with E-state index in [0.29, 0.717) is 0 Å². The SMILES string of the molecule is c1cc(-c2ccc3nc4c5c(cccc5c3c2)Oc2ccccc2-4)cc(-c2ccc3c4ccccc4c4ccccc4c3c2)c1. The Labute approximate surface area is 259 Å². The van der Waals surface area contributed by atoms with E-state index in [9.17, 15) is 0 Å². The van der Waals surface area contributed by atoms with Gasteiger partial charge in [-0.2, -0.15) is 0 Å². The van der Waals surface area contributed by atoms with Gasteiger partial charge in [-0.25, -0.2) is 4.98 Å². The monoisotopic (exact) mass is 571 g/mol. The number of para-hydroxylation sites is 1. The summed E-state index contributed by atoms with van der Waals surface area (Å²) in [6, 6.07) is 54.4. The molecule has 0 unspecified atom stereocenters. The summed E-state index contributed by atoms with van der Waals surface area (Å²) >= 11 is 0. The second-order valence-electron chi connectivity index (χ2n) is 11.9. The van der Waals surface area contributed by atoms with Crippen molar-refractivity contribution in [1.82, 2.24) is 4.98 Å². The third kappa shape index (κ3) is 3.60. The molecule has 0 saturated carbocycles. The van der Waals surface area contributed by atoms with Crippen molar-refractivity contribution < 1.29 is 4.74 Å². The van der Waals surface area contributed by atoms with E-state index >= 15 is 0 Å². The Morgan fingerprint density at radius 2 is 0.889 bits per heavy atom. The Kier molecular flexibility index (Phi) is 5.03. The van der Waals surface area contributed by atoms with Gasteiger partial charge in [-0.05, 0) is 102 Å². The van der Waals surface area contributed by atoms with Gasteiger partial charge in [0.1, 0.15) is 11.5 Å². The molecule has 0 spiro atoms. The van der Waals surface area contributed by atoms with Crippen molar-refractivity contribution in [1.29, 1.82) is 0 Å². The summed E-state index contributed by atoms with van der Waals surface area (Å²) in [6.45, 7) is 0. The first-order valence-corrected chi connectivity index (χ1v) is 15.4. The van der Waals surface area contributed by atoms with Crippen molar-refractivity contribution in [2.24, 2.45) is 0 Å². The molecule has 0 amide bonds. The molecular weight excluding hydrogens is 546 g/mol. The summed E-state index contributed by atoms with van der Waals surface area (Å²) < 4.78 is 6.32. The lowest BCUT2D eigenvalue weighted by atomic mass is 9.91. The van der Waals surface area contributed by atoms with Gasteiger partial charge in [-0.15, -0.1) is 0 Å². The minimum atomic E-state index is 0.854. The second kappa shape index (κ2) is 9.25. The van der Waals surface area contributed by atoms with E-state index in [1.54, 1.807) is 0 Å². The summed E-state index contributed by atoms with van der Waals surface area (Å²) in [7, 11) is 0. The number of hydrogen-bond acceptors (Lipinski definition) is 2. The van der Waals surface area contributed by atoms with Crippen LogP contribution in [0, 0.1) is 0 Å². The normalized spacial score (nSPS) is 12.2. The van der Waals surface area contributed by atoms with Crippen molar-refractivity contribution in [3.05, 3.63) is 152 Å². The number of aromatic nitrogens is 1. The largest absolute Gasteiger partial charge is 0.456 e. The number of nitrogens with zero attached hydrogens (tertiary/aromatic N) is 1. The van der Waals surface area contributed by atoms with Crippen LogP contribution < -0.4 is 4.74 Å². The highest BCUT2D eigenvalue weighted by molar-refractivity contribution is 6.25. The zero-order valence-corrected chi connectivity index (χ0v) is 24.3. The van der Waals surface area contributed by atoms with Crippen LogP contribution in [0.2, 0.25) is 0 Å². The number of fused-ring (bicyclic) bond motifs is 10. The van der Waals surface area contributed by atoms with Gasteiger partial charge in [0.15, 0.2) is 0 Å². The average molecular weight is 572 g/mol. The van der Waals surface area contributed by atoms with Crippen molar-refractivity contribution in [2.45, 2.75) is 0 Å². The molecule has 0 atom stereocenters. The lowest BCUT2D eigenvalue weighted by molar-refractivity contribution is 0.486. The zero-order valence-electron chi connectivity index (χ0n) is 24.3. The van der Waals surface area contributed by atoms with Crippen LogP contribution in [0.3, 0.4) is 0 Å². The first-order valence-electron chi connectivity index (χ1n) is 15.4. The van der Waals surface area contributed by atoms with E-state index in [4.69, 9.17) is 9.72 Å². The van der Waals surface area contributed by atoms with Crippen molar-refractivity contribution >= 4 is 54.0 Å². The number of rotatable bonds is 2. The van der Waals surface area contributed by atoms with Gasteiger partial charge in [0.05, 0.1) is 16.6 Å². The van der Waals surface area contributed by atoms with Crippen molar-refractivity contribution in [3.8, 4) is 45.0 Å². The van der Waals surface area contributed by atoms with Crippen LogP contribution in [0.5, 0.6) is 11.5 Å². The molecule has 8 aromatic carbocycles. The topological polar surface area (TPSA) is 22.1 Å². The van der Waals surface area contributed by atoms with Gasteiger partial charge in [0, 0.05) is 10.9 Å². The molecule has 0 radical (unpaired) electrons. The van der Waals surface area contributed by atoms with E-state index in [1.807, 2.05) is 24.3 Å². The maximum Gasteiger partial charge on any atom is 0.137 e. The summed E-state index contributed by atoms with van der Waals surface area (Å²) in [5.74, 6) is 1.72. The molecule has 0 aliphatic carbocycles. The Balaban J connectivity index is 1.13. The molecule has 0 bridgehead atoms. The predicted octanol–water partition coefficient (Wildman–Crippen LogP) is 12.0. The first kappa shape index (κ1) is 24.5.